The number of hydrogen-bond donors (Lipinski definition) is 1. The van der Waals surface area contributed by atoms with Gasteiger partial charge in [0.15, 0.2) is 16.7 Å². The largest absolute Gasteiger partial charge is 0.493 e. The van der Waals surface area contributed by atoms with Crippen LogP contribution >= 0.6 is 11.8 Å². The number of methoxy groups -OCH3 is 3. The van der Waals surface area contributed by atoms with Crippen LogP contribution < -0.4 is 19.5 Å². The van der Waals surface area contributed by atoms with Crippen LogP contribution in [0.2, 0.25) is 0 Å². The van der Waals surface area contributed by atoms with Gasteiger partial charge in [0.25, 0.3) is 5.91 Å². The van der Waals surface area contributed by atoms with Crippen molar-refractivity contribution in [2.24, 2.45) is 4.99 Å². The van der Waals surface area contributed by atoms with E-state index in [1.165, 1.54) is 17.3 Å². The average molecular weight is 398 g/mol. The number of hydrogen-bond acceptors (Lipinski definition) is 6. The molecule has 3 rings (SSSR count). The number of carbonyl (C=O) groups excluding carboxylic acids is 1. The first-order valence-electron chi connectivity index (χ1n) is 8.76. The summed E-state index contributed by atoms with van der Waals surface area (Å²) in [5.41, 5.74) is 2.81. The van der Waals surface area contributed by atoms with Gasteiger partial charge in [-0.1, -0.05) is 19.1 Å². The Hall–Kier alpha value is -2.93. The smallest absolute Gasteiger partial charge is 0.264 e. The normalized spacial score (nSPS) is 16.4. The highest BCUT2D eigenvalue weighted by molar-refractivity contribution is 8.18. The van der Waals surface area contributed by atoms with Crippen LogP contribution in [0.25, 0.3) is 6.08 Å². The van der Waals surface area contributed by atoms with Gasteiger partial charge in [0.1, 0.15) is 0 Å². The van der Waals surface area contributed by atoms with Gasteiger partial charge in [-0.05, 0) is 59.7 Å². The fourth-order valence-electron chi connectivity index (χ4n) is 2.74. The summed E-state index contributed by atoms with van der Waals surface area (Å²) >= 11 is 1.29. The number of rotatable bonds is 6. The van der Waals surface area contributed by atoms with Crippen LogP contribution in [0.4, 0.5) is 5.69 Å². The molecule has 1 aliphatic heterocycles. The Kier molecular flexibility index (Phi) is 6.26. The number of benzene rings is 2. The summed E-state index contributed by atoms with van der Waals surface area (Å²) in [5, 5.41) is 3.35. The first-order valence-corrected chi connectivity index (χ1v) is 9.58. The van der Waals surface area contributed by atoms with E-state index < -0.39 is 0 Å². The highest BCUT2D eigenvalue weighted by Gasteiger charge is 2.24. The standard InChI is InChI=1S/C21H22N2O4S/c1-5-13-6-8-15(9-7-13)22-21-23-20(24)18(28-21)12-14-10-16(25-2)19(27-4)17(11-14)26-3/h6-12H,5H2,1-4H3,(H,22,23,24). The van der Waals surface area contributed by atoms with E-state index >= 15 is 0 Å². The Morgan fingerprint density at radius 3 is 2.21 bits per heavy atom. The van der Waals surface area contributed by atoms with Crippen molar-refractivity contribution in [2.45, 2.75) is 13.3 Å². The van der Waals surface area contributed by atoms with E-state index in [1.54, 1.807) is 39.5 Å². The SMILES string of the molecule is CCc1ccc(N=C2NC(=O)C(=Cc3cc(OC)c(OC)c(OC)c3)S2)cc1. The zero-order chi connectivity index (χ0) is 20.1. The molecule has 1 fully saturated rings. The minimum Gasteiger partial charge on any atom is -0.493 e. The summed E-state index contributed by atoms with van der Waals surface area (Å²) in [4.78, 5) is 17.4. The van der Waals surface area contributed by atoms with Crippen molar-refractivity contribution in [3.05, 3.63) is 52.4 Å². The fourth-order valence-corrected chi connectivity index (χ4v) is 3.58. The molecular weight excluding hydrogens is 376 g/mol. The van der Waals surface area contributed by atoms with Crippen molar-refractivity contribution >= 4 is 34.6 Å². The predicted molar refractivity (Wildman–Crippen MR) is 113 cm³/mol. The molecule has 0 aliphatic carbocycles. The molecule has 0 radical (unpaired) electrons. The topological polar surface area (TPSA) is 69.2 Å². The van der Waals surface area contributed by atoms with Gasteiger partial charge in [-0.15, -0.1) is 0 Å². The third kappa shape index (κ3) is 4.31. The van der Waals surface area contributed by atoms with Gasteiger partial charge < -0.3 is 19.5 Å². The summed E-state index contributed by atoms with van der Waals surface area (Å²) in [6, 6.07) is 11.5. The quantitative estimate of drug-likeness (QED) is 0.740. The number of amides is 1. The second kappa shape index (κ2) is 8.84. The van der Waals surface area contributed by atoms with Crippen molar-refractivity contribution in [1.82, 2.24) is 5.32 Å². The molecule has 1 amide bonds. The highest BCUT2D eigenvalue weighted by atomic mass is 32.2. The zero-order valence-electron chi connectivity index (χ0n) is 16.2. The Balaban J connectivity index is 1.87. The summed E-state index contributed by atoms with van der Waals surface area (Å²) in [6.07, 6.45) is 2.75. The highest BCUT2D eigenvalue weighted by Crippen LogP contribution is 2.39. The van der Waals surface area contributed by atoms with E-state index in [4.69, 9.17) is 14.2 Å². The van der Waals surface area contributed by atoms with Gasteiger partial charge in [0.05, 0.1) is 31.9 Å². The molecule has 28 heavy (non-hydrogen) atoms. The van der Waals surface area contributed by atoms with Crippen molar-refractivity contribution < 1.29 is 19.0 Å². The second-order valence-electron chi connectivity index (χ2n) is 5.96. The number of aryl methyl sites for hydroxylation is 1. The van der Waals surface area contributed by atoms with E-state index in [0.29, 0.717) is 27.3 Å². The molecule has 0 aromatic heterocycles. The molecule has 1 aliphatic rings. The minimum absolute atomic E-state index is 0.192. The van der Waals surface area contributed by atoms with E-state index in [1.807, 2.05) is 24.3 Å². The minimum atomic E-state index is -0.192. The van der Waals surface area contributed by atoms with Gasteiger partial charge in [0, 0.05) is 0 Å². The van der Waals surface area contributed by atoms with Crippen molar-refractivity contribution in [1.29, 1.82) is 0 Å². The third-order valence-electron chi connectivity index (χ3n) is 4.21. The van der Waals surface area contributed by atoms with Crippen molar-refractivity contribution in [2.75, 3.05) is 21.3 Å². The number of ether oxygens (including phenoxy) is 3. The summed E-state index contributed by atoms with van der Waals surface area (Å²) < 4.78 is 16.1. The number of aliphatic imine (C=N–C) groups is 1. The molecule has 0 atom stereocenters. The zero-order valence-corrected chi connectivity index (χ0v) is 17.1. The van der Waals surface area contributed by atoms with Gasteiger partial charge in [0.2, 0.25) is 5.75 Å². The molecule has 0 bridgehead atoms. The van der Waals surface area contributed by atoms with Gasteiger partial charge >= 0.3 is 0 Å². The van der Waals surface area contributed by atoms with Crippen LogP contribution in [-0.4, -0.2) is 32.4 Å². The van der Waals surface area contributed by atoms with E-state index in [2.05, 4.69) is 17.2 Å². The van der Waals surface area contributed by atoms with Gasteiger partial charge in [-0.3, -0.25) is 4.79 Å². The maximum absolute atomic E-state index is 12.3. The summed E-state index contributed by atoms with van der Waals surface area (Å²) in [7, 11) is 4.66. The number of thioether (sulfide) groups is 1. The van der Waals surface area contributed by atoms with Gasteiger partial charge in [-0.25, -0.2) is 4.99 Å². The maximum atomic E-state index is 12.3. The summed E-state index contributed by atoms with van der Waals surface area (Å²) in [6.45, 7) is 2.11. The molecule has 2 aromatic carbocycles. The molecule has 1 saturated heterocycles. The molecular formula is C21H22N2O4S. The molecule has 7 heteroatoms. The number of nitrogens with one attached hydrogen (secondary N) is 1. The van der Waals surface area contributed by atoms with Crippen LogP contribution in [0.15, 0.2) is 46.3 Å². The lowest BCUT2D eigenvalue weighted by Crippen LogP contribution is -2.19. The molecule has 0 saturated carbocycles. The van der Waals surface area contributed by atoms with Crippen LogP contribution in [-0.2, 0) is 11.2 Å². The Morgan fingerprint density at radius 2 is 1.68 bits per heavy atom. The summed E-state index contributed by atoms with van der Waals surface area (Å²) in [5.74, 6) is 1.38. The van der Waals surface area contributed by atoms with Crippen LogP contribution in [0.1, 0.15) is 18.1 Å². The maximum Gasteiger partial charge on any atom is 0.264 e. The molecule has 0 unspecified atom stereocenters. The first-order chi connectivity index (χ1) is 13.6. The lowest BCUT2D eigenvalue weighted by molar-refractivity contribution is -0.115. The van der Waals surface area contributed by atoms with Crippen LogP contribution in [0.5, 0.6) is 17.2 Å². The lowest BCUT2D eigenvalue weighted by atomic mass is 10.1. The average Bonchev–Trinajstić information content (AvgIpc) is 3.06. The third-order valence-corrected chi connectivity index (χ3v) is 5.12. The molecule has 0 spiro atoms. The Labute approximate surface area is 168 Å². The van der Waals surface area contributed by atoms with Crippen molar-refractivity contribution in [3.63, 3.8) is 0 Å². The van der Waals surface area contributed by atoms with Crippen LogP contribution in [0.3, 0.4) is 0 Å². The second-order valence-corrected chi connectivity index (χ2v) is 6.99. The van der Waals surface area contributed by atoms with Gasteiger partial charge in [-0.2, -0.15) is 0 Å². The number of carbonyl (C=O) groups is 1. The number of amidine groups is 1. The molecule has 146 valence electrons. The Morgan fingerprint density at radius 1 is 1.04 bits per heavy atom. The van der Waals surface area contributed by atoms with E-state index in [-0.39, 0.29) is 5.91 Å². The fraction of sp³-hybridized carbons (Fsp3) is 0.238. The Bertz CT molecular complexity index is 911. The monoisotopic (exact) mass is 398 g/mol. The molecule has 1 heterocycles. The first kappa shape index (κ1) is 19.8. The molecule has 2 aromatic rings. The molecule has 1 N–H and O–H groups in total. The number of nitrogens with zero attached hydrogens (tertiary/aromatic N) is 1. The van der Waals surface area contributed by atoms with E-state index in [9.17, 15) is 4.79 Å². The van der Waals surface area contributed by atoms with Crippen molar-refractivity contribution in [3.8, 4) is 17.2 Å². The van der Waals surface area contributed by atoms with Crippen LogP contribution in [0, 0.1) is 0 Å². The predicted octanol–water partition coefficient (Wildman–Crippen LogP) is 4.17. The molecule has 6 nitrogen and oxygen atoms in total. The van der Waals surface area contributed by atoms with E-state index in [0.717, 1.165) is 17.7 Å². The lowest BCUT2D eigenvalue weighted by Gasteiger charge is -2.12.